The first kappa shape index (κ1) is 18.0. The standard InChI is InChI=1S/C20H32N2O/c1-16(2)9-12-21-20(23)19-10-13-22(14-11-19)15-17(3)18-7-5-4-6-8-18/h4-8,16-17,19H,9-15H2,1-3H3,(H,21,23). The van der Waals surface area contributed by atoms with Gasteiger partial charge in [-0.3, -0.25) is 4.79 Å². The fraction of sp³-hybridized carbons (Fsp3) is 0.650. The molecule has 1 saturated heterocycles. The second kappa shape index (κ2) is 9.07. The Balaban J connectivity index is 1.70. The minimum atomic E-state index is 0.213. The smallest absolute Gasteiger partial charge is 0.223 e. The Hall–Kier alpha value is -1.35. The number of amides is 1. The molecule has 1 aromatic rings. The summed E-state index contributed by atoms with van der Waals surface area (Å²) in [7, 11) is 0. The molecule has 0 spiro atoms. The summed E-state index contributed by atoms with van der Waals surface area (Å²) in [5, 5.41) is 3.11. The van der Waals surface area contributed by atoms with Crippen molar-refractivity contribution in [2.24, 2.45) is 11.8 Å². The van der Waals surface area contributed by atoms with Gasteiger partial charge in [0, 0.05) is 19.0 Å². The average Bonchev–Trinajstić information content (AvgIpc) is 2.56. The van der Waals surface area contributed by atoms with E-state index in [0.717, 1.165) is 45.4 Å². The minimum Gasteiger partial charge on any atom is -0.356 e. The van der Waals surface area contributed by atoms with Gasteiger partial charge in [0.25, 0.3) is 0 Å². The van der Waals surface area contributed by atoms with Crippen LogP contribution in [-0.2, 0) is 4.79 Å². The lowest BCUT2D eigenvalue weighted by Gasteiger charge is -2.33. The number of carbonyl (C=O) groups is 1. The van der Waals surface area contributed by atoms with Gasteiger partial charge in [-0.05, 0) is 49.8 Å². The van der Waals surface area contributed by atoms with Gasteiger partial charge in [-0.2, -0.15) is 0 Å². The highest BCUT2D eigenvalue weighted by atomic mass is 16.1. The zero-order chi connectivity index (χ0) is 16.7. The summed E-state index contributed by atoms with van der Waals surface area (Å²) in [6.45, 7) is 10.7. The Morgan fingerprint density at radius 1 is 1.17 bits per heavy atom. The number of piperidine rings is 1. The Morgan fingerprint density at radius 3 is 2.43 bits per heavy atom. The number of rotatable bonds is 7. The fourth-order valence-electron chi connectivity index (χ4n) is 3.28. The lowest BCUT2D eigenvalue weighted by Crippen LogP contribution is -2.41. The van der Waals surface area contributed by atoms with Gasteiger partial charge in [0.05, 0.1) is 0 Å². The summed E-state index contributed by atoms with van der Waals surface area (Å²) >= 11 is 0. The second-order valence-corrected chi connectivity index (χ2v) is 7.36. The highest BCUT2D eigenvalue weighted by Gasteiger charge is 2.25. The molecule has 0 bridgehead atoms. The van der Waals surface area contributed by atoms with Gasteiger partial charge in [0.1, 0.15) is 0 Å². The van der Waals surface area contributed by atoms with Crippen LogP contribution in [0.4, 0.5) is 0 Å². The molecule has 0 radical (unpaired) electrons. The van der Waals surface area contributed by atoms with Crippen LogP contribution in [-0.4, -0.2) is 37.0 Å². The van der Waals surface area contributed by atoms with E-state index >= 15 is 0 Å². The predicted octanol–water partition coefficient (Wildman–Crippen LogP) is 3.66. The summed E-state index contributed by atoms with van der Waals surface area (Å²) in [6.07, 6.45) is 3.06. The number of likely N-dealkylation sites (tertiary alicyclic amines) is 1. The van der Waals surface area contributed by atoms with Crippen LogP contribution < -0.4 is 5.32 Å². The normalized spacial score (nSPS) is 18.1. The van der Waals surface area contributed by atoms with Crippen LogP contribution in [0.1, 0.15) is 51.5 Å². The highest BCUT2D eigenvalue weighted by Crippen LogP contribution is 2.22. The zero-order valence-corrected chi connectivity index (χ0v) is 14.9. The maximum absolute atomic E-state index is 12.2. The third-order valence-electron chi connectivity index (χ3n) is 4.88. The molecule has 0 aliphatic carbocycles. The van der Waals surface area contributed by atoms with E-state index < -0.39 is 0 Å². The molecule has 1 heterocycles. The number of nitrogens with one attached hydrogen (secondary N) is 1. The van der Waals surface area contributed by atoms with E-state index in [9.17, 15) is 4.79 Å². The van der Waals surface area contributed by atoms with Crippen molar-refractivity contribution in [3.8, 4) is 0 Å². The molecule has 1 unspecified atom stereocenters. The fourth-order valence-corrected chi connectivity index (χ4v) is 3.28. The molecule has 1 atom stereocenters. The van der Waals surface area contributed by atoms with Crippen LogP contribution in [0, 0.1) is 11.8 Å². The topological polar surface area (TPSA) is 32.3 Å². The molecule has 1 N–H and O–H groups in total. The third-order valence-corrected chi connectivity index (χ3v) is 4.88. The van der Waals surface area contributed by atoms with Crippen LogP contribution >= 0.6 is 0 Å². The largest absolute Gasteiger partial charge is 0.356 e. The summed E-state index contributed by atoms with van der Waals surface area (Å²) in [5.41, 5.74) is 1.40. The van der Waals surface area contributed by atoms with Crippen molar-refractivity contribution >= 4 is 5.91 Å². The molecule has 0 saturated carbocycles. The van der Waals surface area contributed by atoms with E-state index in [1.54, 1.807) is 0 Å². The van der Waals surface area contributed by atoms with E-state index in [1.807, 2.05) is 0 Å². The third kappa shape index (κ3) is 5.98. The molecule has 1 aliphatic heterocycles. The molecule has 1 aliphatic rings. The number of nitrogens with zero attached hydrogens (tertiary/aromatic N) is 1. The Bertz CT molecular complexity index is 464. The maximum atomic E-state index is 12.2. The predicted molar refractivity (Wildman–Crippen MR) is 96.5 cm³/mol. The molecular weight excluding hydrogens is 284 g/mol. The molecule has 2 rings (SSSR count). The van der Waals surface area contributed by atoms with Gasteiger partial charge in [0.15, 0.2) is 0 Å². The van der Waals surface area contributed by atoms with Crippen LogP contribution in [0.15, 0.2) is 30.3 Å². The summed E-state index contributed by atoms with van der Waals surface area (Å²) < 4.78 is 0. The first-order valence-electron chi connectivity index (χ1n) is 9.11. The van der Waals surface area contributed by atoms with Crippen LogP contribution in [0.3, 0.4) is 0 Å². The molecule has 0 aromatic heterocycles. The van der Waals surface area contributed by atoms with Gasteiger partial charge in [-0.15, -0.1) is 0 Å². The summed E-state index contributed by atoms with van der Waals surface area (Å²) in [5.74, 6) is 1.68. The minimum absolute atomic E-state index is 0.213. The van der Waals surface area contributed by atoms with E-state index in [-0.39, 0.29) is 11.8 Å². The van der Waals surface area contributed by atoms with Crippen molar-refractivity contribution in [2.75, 3.05) is 26.2 Å². The molecule has 23 heavy (non-hydrogen) atoms. The molecule has 1 fully saturated rings. The van der Waals surface area contributed by atoms with Crippen LogP contribution in [0.25, 0.3) is 0 Å². The highest BCUT2D eigenvalue weighted by molar-refractivity contribution is 5.78. The summed E-state index contributed by atoms with van der Waals surface area (Å²) in [4.78, 5) is 14.7. The average molecular weight is 316 g/mol. The molecular formula is C20H32N2O. The van der Waals surface area contributed by atoms with Gasteiger partial charge >= 0.3 is 0 Å². The Kier molecular flexibility index (Phi) is 7.10. The van der Waals surface area contributed by atoms with Gasteiger partial charge in [0.2, 0.25) is 5.91 Å². The maximum Gasteiger partial charge on any atom is 0.223 e. The summed E-state index contributed by atoms with van der Waals surface area (Å²) in [6, 6.07) is 10.7. The monoisotopic (exact) mass is 316 g/mol. The van der Waals surface area contributed by atoms with Crippen molar-refractivity contribution in [2.45, 2.75) is 46.0 Å². The van der Waals surface area contributed by atoms with Crippen molar-refractivity contribution in [1.29, 1.82) is 0 Å². The number of hydrogen-bond donors (Lipinski definition) is 1. The number of hydrogen-bond acceptors (Lipinski definition) is 2. The first-order valence-corrected chi connectivity index (χ1v) is 9.11. The van der Waals surface area contributed by atoms with Crippen LogP contribution in [0.5, 0.6) is 0 Å². The van der Waals surface area contributed by atoms with Crippen molar-refractivity contribution in [1.82, 2.24) is 10.2 Å². The molecule has 128 valence electrons. The van der Waals surface area contributed by atoms with Gasteiger partial charge in [-0.1, -0.05) is 51.1 Å². The number of benzene rings is 1. The number of carbonyl (C=O) groups excluding carboxylic acids is 1. The molecule has 1 aromatic carbocycles. The van der Waals surface area contributed by atoms with E-state index in [2.05, 4.69) is 61.3 Å². The molecule has 3 nitrogen and oxygen atoms in total. The quantitative estimate of drug-likeness (QED) is 0.832. The van der Waals surface area contributed by atoms with Crippen molar-refractivity contribution in [3.05, 3.63) is 35.9 Å². The van der Waals surface area contributed by atoms with E-state index in [4.69, 9.17) is 0 Å². The van der Waals surface area contributed by atoms with E-state index in [0.29, 0.717) is 11.8 Å². The second-order valence-electron chi connectivity index (χ2n) is 7.36. The lowest BCUT2D eigenvalue weighted by atomic mass is 9.94. The molecule has 3 heteroatoms. The Labute approximate surface area is 141 Å². The van der Waals surface area contributed by atoms with Gasteiger partial charge < -0.3 is 10.2 Å². The van der Waals surface area contributed by atoms with Crippen LogP contribution in [0.2, 0.25) is 0 Å². The SMILES string of the molecule is CC(C)CCNC(=O)C1CCN(CC(C)c2ccccc2)CC1. The van der Waals surface area contributed by atoms with E-state index in [1.165, 1.54) is 5.56 Å². The van der Waals surface area contributed by atoms with Gasteiger partial charge in [-0.25, -0.2) is 0 Å². The van der Waals surface area contributed by atoms with Crippen molar-refractivity contribution in [3.63, 3.8) is 0 Å². The molecule has 1 amide bonds. The zero-order valence-electron chi connectivity index (χ0n) is 14.9. The first-order chi connectivity index (χ1) is 11.1. The Morgan fingerprint density at radius 2 is 1.83 bits per heavy atom. The van der Waals surface area contributed by atoms with Crippen molar-refractivity contribution < 1.29 is 4.79 Å². The lowest BCUT2D eigenvalue weighted by molar-refractivity contribution is -0.126.